The molecule has 2 nitrogen and oxygen atoms in total. The monoisotopic (exact) mass is 307 g/mol. The lowest BCUT2D eigenvalue weighted by molar-refractivity contribution is 0.630. The molecule has 100 valence electrons. The fourth-order valence-electron chi connectivity index (χ4n) is 2.09. The molecule has 0 aliphatic carbocycles. The van der Waals surface area contributed by atoms with Crippen molar-refractivity contribution in [1.29, 1.82) is 0 Å². The molecule has 1 aromatic heterocycles. The Labute approximate surface area is 123 Å². The van der Waals surface area contributed by atoms with Gasteiger partial charge in [-0.05, 0) is 11.6 Å². The van der Waals surface area contributed by atoms with Gasteiger partial charge in [-0.25, -0.2) is 4.39 Å². The second kappa shape index (κ2) is 4.93. The first-order chi connectivity index (χ1) is 9.58. The molecular weight excluding hydrogens is 300 g/mol. The van der Waals surface area contributed by atoms with Crippen LogP contribution in [-0.4, -0.2) is 4.98 Å². The molecule has 20 heavy (non-hydrogen) atoms. The van der Waals surface area contributed by atoms with Crippen LogP contribution in [0.5, 0.6) is 0 Å². The van der Waals surface area contributed by atoms with E-state index in [1.165, 1.54) is 12.1 Å². The molecule has 1 N–H and O–H groups in total. The van der Waals surface area contributed by atoms with E-state index in [0.717, 1.165) is 5.56 Å². The molecule has 0 amide bonds. The summed E-state index contributed by atoms with van der Waals surface area (Å²) in [5, 5.41) is -0.273. The van der Waals surface area contributed by atoms with Crippen LogP contribution < -0.4 is 5.43 Å². The van der Waals surface area contributed by atoms with Crippen molar-refractivity contribution in [1.82, 2.24) is 4.98 Å². The SMILES string of the molecule is O=c1cc(-c2ccccc2)[nH]c2cc(Cl)c(F)c(Cl)c12. The van der Waals surface area contributed by atoms with E-state index in [2.05, 4.69) is 4.98 Å². The van der Waals surface area contributed by atoms with Crippen molar-refractivity contribution in [2.45, 2.75) is 0 Å². The van der Waals surface area contributed by atoms with Crippen LogP contribution in [0.25, 0.3) is 22.2 Å². The quantitative estimate of drug-likeness (QED) is 0.653. The minimum absolute atomic E-state index is 0.105. The summed E-state index contributed by atoms with van der Waals surface area (Å²) in [4.78, 5) is 15.2. The molecule has 2 aromatic carbocycles. The minimum atomic E-state index is -0.779. The van der Waals surface area contributed by atoms with Crippen LogP contribution in [0.15, 0.2) is 47.3 Å². The van der Waals surface area contributed by atoms with Gasteiger partial charge in [0.25, 0.3) is 0 Å². The molecule has 0 spiro atoms. The molecule has 0 radical (unpaired) electrons. The summed E-state index contributed by atoms with van der Waals surface area (Å²) < 4.78 is 13.6. The minimum Gasteiger partial charge on any atom is -0.354 e. The van der Waals surface area contributed by atoms with Crippen LogP contribution in [0.4, 0.5) is 4.39 Å². The maximum absolute atomic E-state index is 13.6. The first-order valence-electron chi connectivity index (χ1n) is 5.84. The summed E-state index contributed by atoms with van der Waals surface area (Å²) in [6.45, 7) is 0. The summed E-state index contributed by atoms with van der Waals surface area (Å²) >= 11 is 11.6. The standard InChI is InChI=1S/C15H8Cl2FNO/c16-9-6-11-13(14(17)15(9)18)12(20)7-10(19-11)8-4-2-1-3-5-8/h1-7H,(H,19,20). The Hall–Kier alpha value is -1.84. The number of hydrogen-bond acceptors (Lipinski definition) is 1. The number of hydrogen-bond donors (Lipinski definition) is 1. The summed E-state index contributed by atoms with van der Waals surface area (Å²) in [7, 11) is 0. The van der Waals surface area contributed by atoms with Crippen LogP contribution in [0.2, 0.25) is 10.0 Å². The fourth-order valence-corrected chi connectivity index (χ4v) is 2.64. The maximum atomic E-state index is 13.6. The van der Waals surface area contributed by atoms with Crippen molar-refractivity contribution < 1.29 is 4.39 Å². The Morgan fingerprint density at radius 3 is 2.45 bits per heavy atom. The second-order valence-electron chi connectivity index (χ2n) is 4.32. The third-order valence-corrected chi connectivity index (χ3v) is 3.67. The highest BCUT2D eigenvalue weighted by molar-refractivity contribution is 6.38. The number of aromatic nitrogens is 1. The Bertz CT molecular complexity index is 859. The van der Waals surface area contributed by atoms with Crippen LogP contribution in [-0.2, 0) is 0 Å². The Morgan fingerprint density at radius 2 is 1.75 bits per heavy atom. The highest BCUT2D eigenvalue weighted by Gasteiger charge is 2.14. The van der Waals surface area contributed by atoms with Gasteiger partial charge in [0.05, 0.1) is 20.9 Å². The first kappa shape index (κ1) is 13.2. The largest absolute Gasteiger partial charge is 0.354 e. The molecule has 5 heteroatoms. The lowest BCUT2D eigenvalue weighted by Gasteiger charge is -2.07. The van der Waals surface area contributed by atoms with E-state index in [1.54, 1.807) is 0 Å². The van der Waals surface area contributed by atoms with Crippen molar-refractivity contribution in [3.63, 3.8) is 0 Å². The van der Waals surface area contributed by atoms with Gasteiger partial charge in [-0.1, -0.05) is 53.5 Å². The summed E-state index contributed by atoms with van der Waals surface area (Å²) in [5.74, 6) is -0.779. The van der Waals surface area contributed by atoms with Gasteiger partial charge in [0.1, 0.15) is 0 Å². The molecule has 0 bridgehead atoms. The van der Waals surface area contributed by atoms with E-state index in [0.29, 0.717) is 11.2 Å². The highest BCUT2D eigenvalue weighted by Crippen LogP contribution is 2.30. The van der Waals surface area contributed by atoms with Gasteiger partial charge in [-0.2, -0.15) is 0 Å². The molecule has 3 rings (SSSR count). The lowest BCUT2D eigenvalue weighted by atomic mass is 10.1. The molecule has 3 aromatic rings. The molecule has 1 heterocycles. The Balaban J connectivity index is 2.36. The Morgan fingerprint density at radius 1 is 1.05 bits per heavy atom. The molecule has 0 atom stereocenters. The smallest absolute Gasteiger partial charge is 0.191 e. The molecule has 0 aliphatic rings. The highest BCUT2D eigenvalue weighted by atomic mass is 35.5. The van der Waals surface area contributed by atoms with Gasteiger partial charge in [0, 0.05) is 11.8 Å². The molecule has 0 fully saturated rings. The van der Waals surface area contributed by atoms with Gasteiger partial charge in [-0.3, -0.25) is 4.79 Å². The number of rotatable bonds is 1. The number of aromatic amines is 1. The Kier molecular flexibility index (Phi) is 3.24. The summed E-state index contributed by atoms with van der Waals surface area (Å²) in [6, 6.07) is 12.1. The molecule has 0 aliphatic heterocycles. The maximum Gasteiger partial charge on any atom is 0.191 e. The van der Waals surface area contributed by atoms with Crippen molar-refractivity contribution in [2.75, 3.05) is 0 Å². The van der Waals surface area contributed by atoms with Crippen LogP contribution in [0, 0.1) is 5.82 Å². The number of H-pyrrole nitrogens is 1. The van der Waals surface area contributed by atoms with Gasteiger partial charge >= 0.3 is 0 Å². The van der Waals surface area contributed by atoms with E-state index in [9.17, 15) is 9.18 Å². The predicted octanol–water partition coefficient (Wildman–Crippen LogP) is 4.64. The van der Waals surface area contributed by atoms with Crippen LogP contribution >= 0.6 is 23.2 Å². The van der Waals surface area contributed by atoms with Crippen molar-refractivity contribution in [3.05, 3.63) is 68.6 Å². The van der Waals surface area contributed by atoms with Gasteiger partial charge in [0.15, 0.2) is 11.2 Å². The zero-order valence-corrected chi connectivity index (χ0v) is 11.6. The first-order valence-corrected chi connectivity index (χ1v) is 6.59. The van der Waals surface area contributed by atoms with Crippen LogP contribution in [0.3, 0.4) is 0 Å². The fraction of sp³-hybridized carbons (Fsp3) is 0. The van der Waals surface area contributed by atoms with E-state index < -0.39 is 5.82 Å². The van der Waals surface area contributed by atoms with Crippen molar-refractivity contribution >= 4 is 34.1 Å². The van der Waals surface area contributed by atoms with Gasteiger partial charge < -0.3 is 4.98 Å². The lowest BCUT2D eigenvalue weighted by Crippen LogP contribution is -2.05. The molecule has 0 unspecified atom stereocenters. The predicted molar refractivity (Wildman–Crippen MR) is 80.0 cm³/mol. The zero-order chi connectivity index (χ0) is 14.3. The third kappa shape index (κ3) is 2.09. The average Bonchev–Trinajstić information content (AvgIpc) is 2.45. The number of fused-ring (bicyclic) bond motifs is 1. The molecular formula is C15H8Cl2FNO. The van der Waals surface area contributed by atoms with E-state index in [1.807, 2.05) is 30.3 Å². The molecule has 0 saturated heterocycles. The van der Waals surface area contributed by atoms with E-state index in [-0.39, 0.29) is 20.9 Å². The number of benzene rings is 2. The van der Waals surface area contributed by atoms with E-state index >= 15 is 0 Å². The summed E-state index contributed by atoms with van der Waals surface area (Å²) in [5.41, 5.74) is 1.54. The van der Waals surface area contributed by atoms with Crippen LogP contribution in [0.1, 0.15) is 0 Å². The molecule has 0 saturated carbocycles. The summed E-state index contributed by atoms with van der Waals surface area (Å²) in [6.07, 6.45) is 0. The normalized spacial score (nSPS) is 10.9. The van der Waals surface area contributed by atoms with Crippen molar-refractivity contribution in [2.24, 2.45) is 0 Å². The average molecular weight is 308 g/mol. The number of nitrogens with one attached hydrogen (secondary N) is 1. The van der Waals surface area contributed by atoms with E-state index in [4.69, 9.17) is 23.2 Å². The second-order valence-corrected chi connectivity index (χ2v) is 5.11. The van der Waals surface area contributed by atoms with Gasteiger partial charge in [0.2, 0.25) is 0 Å². The number of pyridine rings is 1. The topological polar surface area (TPSA) is 32.9 Å². The number of halogens is 3. The van der Waals surface area contributed by atoms with Gasteiger partial charge in [-0.15, -0.1) is 0 Å². The zero-order valence-electron chi connectivity index (χ0n) is 10.1. The third-order valence-electron chi connectivity index (χ3n) is 3.04. The van der Waals surface area contributed by atoms with Crippen molar-refractivity contribution in [3.8, 4) is 11.3 Å².